The Labute approximate surface area is 98.0 Å². The van der Waals surface area contributed by atoms with Crippen molar-refractivity contribution in [2.75, 3.05) is 6.54 Å². The van der Waals surface area contributed by atoms with Gasteiger partial charge in [0.25, 0.3) is 5.91 Å². The third-order valence-corrected chi connectivity index (χ3v) is 2.97. The summed E-state index contributed by atoms with van der Waals surface area (Å²) in [4.78, 5) is 12.0. The van der Waals surface area contributed by atoms with E-state index in [4.69, 9.17) is 5.73 Å². The summed E-state index contributed by atoms with van der Waals surface area (Å²) in [6, 6.07) is 0.0971. The Morgan fingerprint density at radius 3 is 3.00 bits per heavy atom. The van der Waals surface area contributed by atoms with Crippen molar-refractivity contribution in [2.45, 2.75) is 18.9 Å². The van der Waals surface area contributed by atoms with Gasteiger partial charge in [-0.2, -0.15) is 0 Å². The van der Waals surface area contributed by atoms with Crippen LogP contribution in [0.4, 0.5) is 0 Å². The van der Waals surface area contributed by atoms with Gasteiger partial charge in [0.05, 0.1) is 6.20 Å². The van der Waals surface area contributed by atoms with E-state index in [1.165, 1.54) is 19.0 Å². The molecule has 0 saturated heterocycles. The van der Waals surface area contributed by atoms with Gasteiger partial charge in [-0.15, -0.1) is 17.5 Å². The van der Waals surface area contributed by atoms with Crippen LogP contribution in [0.2, 0.25) is 0 Å². The van der Waals surface area contributed by atoms with Crippen molar-refractivity contribution in [3.05, 3.63) is 11.1 Å². The zero-order valence-electron chi connectivity index (χ0n) is 8.05. The molecule has 84 valence electrons. The van der Waals surface area contributed by atoms with Crippen molar-refractivity contribution in [3.8, 4) is 0 Å². The van der Waals surface area contributed by atoms with Crippen molar-refractivity contribution >= 4 is 29.8 Å². The van der Waals surface area contributed by atoms with Gasteiger partial charge < -0.3 is 11.1 Å². The Balaban J connectivity index is 0.00000112. The minimum atomic E-state index is -0.129. The van der Waals surface area contributed by atoms with Crippen molar-refractivity contribution in [1.82, 2.24) is 14.9 Å². The predicted molar refractivity (Wildman–Crippen MR) is 60.2 cm³/mol. The summed E-state index contributed by atoms with van der Waals surface area (Å²) >= 11 is 1.09. The first kappa shape index (κ1) is 12.4. The van der Waals surface area contributed by atoms with E-state index in [-0.39, 0.29) is 24.4 Å². The minimum Gasteiger partial charge on any atom is -0.350 e. The van der Waals surface area contributed by atoms with Crippen LogP contribution in [0, 0.1) is 5.92 Å². The largest absolute Gasteiger partial charge is 0.350 e. The fourth-order valence-corrected chi connectivity index (χ4v) is 1.69. The number of aromatic nitrogens is 2. The van der Waals surface area contributed by atoms with Crippen LogP contribution in [0.15, 0.2) is 6.20 Å². The molecule has 1 aromatic heterocycles. The second kappa shape index (κ2) is 5.39. The van der Waals surface area contributed by atoms with Crippen LogP contribution in [0.1, 0.15) is 22.5 Å². The molecule has 0 radical (unpaired) electrons. The molecule has 1 atom stereocenters. The number of hydrogen-bond acceptors (Lipinski definition) is 5. The number of amides is 1. The van der Waals surface area contributed by atoms with Crippen LogP contribution in [-0.2, 0) is 0 Å². The highest BCUT2D eigenvalue weighted by atomic mass is 35.5. The number of nitrogens with zero attached hydrogens (tertiary/aromatic N) is 2. The number of rotatable bonds is 4. The number of nitrogens with one attached hydrogen (secondary N) is 1. The van der Waals surface area contributed by atoms with Crippen LogP contribution in [0.5, 0.6) is 0 Å². The molecule has 0 bridgehead atoms. The average molecular weight is 249 g/mol. The maximum Gasteiger partial charge on any atom is 0.264 e. The summed E-state index contributed by atoms with van der Waals surface area (Å²) in [7, 11) is 0. The smallest absolute Gasteiger partial charge is 0.264 e. The van der Waals surface area contributed by atoms with E-state index in [1.807, 2.05) is 0 Å². The first-order valence-corrected chi connectivity index (χ1v) is 5.36. The molecule has 2 rings (SSSR count). The quantitative estimate of drug-likeness (QED) is 0.810. The molecular formula is C8H13ClN4OS. The Bertz CT molecular complexity index is 314. The van der Waals surface area contributed by atoms with Crippen molar-refractivity contribution < 1.29 is 4.79 Å². The first-order valence-electron chi connectivity index (χ1n) is 4.58. The van der Waals surface area contributed by atoms with Crippen molar-refractivity contribution in [2.24, 2.45) is 11.7 Å². The molecule has 1 fully saturated rings. The van der Waals surface area contributed by atoms with E-state index in [0.717, 1.165) is 11.5 Å². The fraction of sp³-hybridized carbons (Fsp3) is 0.625. The molecule has 0 aromatic carbocycles. The van der Waals surface area contributed by atoms with Crippen LogP contribution < -0.4 is 11.1 Å². The van der Waals surface area contributed by atoms with Gasteiger partial charge in [0.2, 0.25) is 0 Å². The maximum atomic E-state index is 11.4. The molecule has 1 saturated carbocycles. The van der Waals surface area contributed by atoms with Crippen LogP contribution in [-0.4, -0.2) is 28.1 Å². The first-order chi connectivity index (χ1) is 6.77. The monoisotopic (exact) mass is 248 g/mol. The molecule has 1 amide bonds. The van der Waals surface area contributed by atoms with Gasteiger partial charge in [-0.25, -0.2) is 0 Å². The van der Waals surface area contributed by atoms with E-state index in [9.17, 15) is 4.79 Å². The average Bonchev–Trinajstić information content (AvgIpc) is 2.90. The third-order valence-electron chi connectivity index (χ3n) is 2.31. The number of carbonyl (C=O) groups excluding carboxylic acids is 1. The predicted octanol–water partition coefficient (Wildman–Crippen LogP) is 0.427. The molecular weight excluding hydrogens is 236 g/mol. The standard InChI is InChI=1S/C8H12N4OS.ClH/c9-6(5-1-2-5)3-10-8(13)7-4-11-12-14-7;/h4-6H,1-3,9H2,(H,10,13);1H. The second-order valence-electron chi connectivity index (χ2n) is 3.49. The van der Waals surface area contributed by atoms with Crippen LogP contribution in [0.25, 0.3) is 0 Å². The number of nitrogens with two attached hydrogens (primary N) is 1. The van der Waals surface area contributed by atoms with Gasteiger partial charge in [-0.05, 0) is 30.3 Å². The second-order valence-corrected chi connectivity index (χ2v) is 4.28. The summed E-state index contributed by atoms with van der Waals surface area (Å²) in [5.74, 6) is 0.478. The highest BCUT2D eigenvalue weighted by Crippen LogP contribution is 2.31. The molecule has 0 spiro atoms. The third kappa shape index (κ3) is 3.40. The van der Waals surface area contributed by atoms with Gasteiger partial charge in [-0.3, -0.25) is 4.79 Å². The molecule has 15 heavy (non-hydrogen) atoms. The molecule has 1 unspecified atom stereocenters. The lowest BCUT2D eigenvalue weighted by Crippen LogP contribution is -2.38. The van der Waals surface area contributed by atoms with Crippen LogP contribution >= 0.6 is 23.9 Å². The van der Waals surface area contributed by atoms with Gasteiger partial charge in [0.1, 0.15) is 4.88 Å². The molecule has 7 heteroatoms. The van der Waals surface area contributed by atoms with Crippen molar-refractivity contribution in [3.63, 3.8) is 0 Å². The maximum absolute atomic E-state index is 11.4. The summed E-state index contributed by atoms with van der Waals surface area (Å²) in [5.41, 5.74) is 5.84. The Hall–Kier alpha value is -0.720. The molecule has 1 heterocycles. The van der Waals surface area contributed by atoms with Gasteiger partial charge in [-0.1, -0.05) is 4.49 Å². The van der Waals surface area contributed by atoms with Crippen LogP contribution in [0.3, 0.4) is 0 Å². The van der Waals surface area contributed by atoms with E-state index >= 15 is 0 Å². The molecule has 5 nitrogen and oxygen atoms in total. The molecule has 1 aromatic rings. The highest BCUT2D eigenvalue weighted by Gasteiger charge is 2.28. The van der Waals surface area contributed by atoms with Gasteiger partial charge in [0.15, 0.2) is 0 Å². The molecule has 1 aliphatic carbocycles. The number of halogens is 1. The number of carbonyl (C=O) groups is 1. The van der Waals surface area contributed by atoms with E-state index in [1.54, 1.807) is 0 Å². The topological polar surface area (TPSA) is 80.9 Å². The lowest BCUT2D eigenvalue weighted by atomic mass is 10.2. The zero-order valence-corrected chi connectivity index (χ0v) is 9.68. The lowest BCUT2D eigenvalue weighted by Gasteiger charge is -2.10. The Kier molecular flexibility index (Phi) is 4.44. The van der Waals surface area contributed by atoms with E-state index in [2.05, 4.69) is 14.9 Å². The Morgan fingerprint density at radius 2 is 2.47 bits per heavy atom. The van der Waals surface area contributed by atoms with Gasteiger partial charge >= 0.3 is 0 Å². The lowest BCUT2D eigenvalue weighted by molar-refractivity contribution is 0.0954. The summed E-state index contributed by atoms with van der Waals surface area (Å²) in [6.07, 6.45) is 3.85. The zero-order chi connectivity index (χ0) is 9.97. The molecule has 1 aliphatic rings. The Morgan fingerprint density at radius 1 is 1.73 bits per heavy atom. The minimum absolute atomic E-state index is 0. The van der Waals surface area contributed by atoms with Gasteiger partial charge in [0, 0.05) is 12.6 Å². The molecule has 3 N–H and O–H groups in total. The normalized spacial score (nSPS) is 16.6. The van der Waals surface area contributed by atoms with E-state index in [0.29, 0.717) is 17.3 Å². The summed E-state index contributed by atoms with van der Waals surface area (Å²) < 4.78 is 3.62. The summed E-state index contributed by atoms with van der Waals surface area (Å²) in [6.45, 7) is 0.543. The number of hydrogen-bond donors (Lipinski definition) is 2. The SMILES string of the molecule is Cl.NC(CNC(=O)c1cnns1)C1CC1. The summed E-state index contributed by atoms with van der Waals surface area (Å²) in [5, 5.41) is 6.37. The molecule has 0 aliphatic heterocycles. The van der Waals surface area contributed by atoms with Crippen molar-refractivity contribution in [1.29, 1.82) is 0 Å². The highest BCUT2D eigenvalue weighted by molar-refractivity contribution is 7.07. The fourth-order valence-electron chi connectivity index (χ4n) is 1.26. The van der Waals surface area contributed by atoms with E-state index < -0.39 is 0 Å².